The van der Waals surface area contributed by atoms with Crippen molar-refractivity contribution in [2.75, 3.05) is 32.1 Å². The van der Waals surface area contributed by atoms with Crippen molar-refractivity contribution in [3.8, 4) is 5.75 Å². The number of pyridine rings is 1. The zero-order chi connectivity index (χ0) is 16.9. The summed E-state index contributed by atoms with van der Waals surface area (Å²) in [4.78, 5) is 21.3. The molecular formula is C19H23N3O2. The lowest BCUT2D eigenvalue weighted by atomic mass is 10.0. The number of piperidine rings is 1. The van der Waals surface area contributed by atoms with Crippen LogP contribution >= 0.6 is 0 Å². The first-order chi connectivity index (χ1) is 11.7. The van der Waals surface area contributed by atoms with Crippen LogP contribution in [-0.2, 0) is 0 Å². The Hall–Kier alpha value is -2.56. The molecule has 24 heavy (non-hydrogen) atoms. The maximum absolute atomic E-state index is 12.7. The Morgan fingerprint density at radius 3 is 2.67 bits per heavy atom. The molecule has 0 atom stereocenters. The maximum Gasteiger partial charge on any atom is 0.253 e. The van der Waals surface area contributed by atoms with Gasteiger partial charge in [-0.25, -0.2) is 4.98 Å². The first-order valence-corrected chi connectivity index (χ1v) is 8.26. The van der Waals surface area contributed by atoms with Crippen molar-refractivity contribution in [3.05, 3.63) is 54.2 Å². The molecule has 3 rings (SSSR count). The molecule has 0 N–H and O–H groups in total. The molecule has 5 heteroatoms. The minimum Gasteiger partial charge on any atom is -0.497 e. The number of ether oxygens (including phenoxy) is 1. The molecule has 1 aromatic carbocycles. The van der Waals surface area contributed by atoms with Crippen molar-refractivity contribution >= 4 is 11.7 Å². The highest BCUT2D eigenvalue weighted by Gasteiger charge is 2.26. The third kappa shape index (κ3) is 3.50. The molecule has 2 aromatic rings. The fourth-order valence-electron chi connectivity index (χ4n) is 3.15. The lowest BCUT2D eigenvalue weighted by Crippen LogP contribution is -2.45. The minimum atomic E-state index is 0.0465. The fourth-order valence-corrected chi connectivity index (χ4v) is 3.15. The van der Waals surface area contributed by atoms with E-state index in [9.17, 15) is 4.79 Å². The van der Waals surface area contributed by atoms with Crippen LogP contribution in [0.1, 0.15) is 23.2 Å². The van der Waals surface area contributed by atoms with Crippen molar-refractivity contribution in [2.24, 2.45) is 0 Å². The van der Waals surface area contributed by atoms with Crippen LogP contribution in [0.5, 0.6) is 5.75 Å². The number of hydrogen-bond acceptors (Lipinski definition) is 4. The average Bonchev–Trinajstić information content (AvgIpc) is 2.67. The zero-order valence-corrected chi connectivity index (χ0v) is 14.2. The van der Waals surface area contributed by atoms with Crippen LogP contribution < -0.4 is 9.64 Å². The van der Waals surface area contributed by atoms with Gasteiger partial charge < -0.3 is 14.5 Å². The Morgan fingerprint density at radius 1 is 1.21 bits per heavy atom. The molecule has 1 aromatic heterocycles. The van der Waals surface area contributed by atoms with Crippen LogP contribution in [0.15, 0.2) is 48.7 Å². The van der Waals surface area contributed by atoms with Gasteiger partial charge >= 0.3 is 0 Å². The van der Waals surface area contributed by atoms with E-state index < -0.39 is 0 Å². The molecule has 0 spiro atoms. The van der Waals surface area contributed by atoms with Gasteiger partial charge in [0.15, 0.2) is 0 Å². The average molecular weight is 325 g/mol. The number of rotatable bonds is 4. The van der Waals surface area contributed by atoms with E-state index in [1.807, 2.05) is 54.5 Å². The Kier molecular flexibility index (Phi) is 4.99. The van der Waals surface area contributed by atoms with Gasteiger partial charge in [-0.2, -0.15) is 0 Å². The molecule has 0 radical (unpaired) electrons. The van der Waals surface area contributed by atoms with Crippen LogP contribution in [0.2, 0.25) is 0 Å². The zero-order valence-electron chi connectivity index (χ0n) is 14.2. The molecule has 5 nitrogen and oxygen atoms in total. The van der Waals surface area contributed by atoms with E-state index in [2.05, 4.69) is 9.88 Å². The number of carbonyl (C=O) groups excluding carboxylic acids is 1. The largest absolute Gasteiger partial charge is 0.497 e. The van der Waals surface area contributed by atoms with Gasteiger partial charge in [0.1, 0.15) is 11.6 Å². The summed E-state index contributed by atoms with van der Waals surface area (Å²) < 4.78 is 5.21. The first kappa shape index (κ1) is 16.3. The Labute approximate surface area is 142 Å². The van der Waals surface area contributed by atoms with Crippen LogP contribution in [-0.4, -0.2) is 49.1 Å². The molecule has 1 fully saturated rings. The second kappa shape index (κ2) is 7.34. The molecule has 1 aliphatic heterocycles. The molecule has 1 aliphatic rings. The van der Waals surface area contributed by atoms with Crippen molar-refractivity contribution in [1.82, 2.24) is 9.88 Å². The molecule has 126 valence electrons. The van der Waals surface area contributed by atoms with Crippen molar-refractivity contribution in [2.45, 2.75) is 18.9 Å². The molecule has 1 saturated heterocycles. The second-order valence-corrected chi connectivity index (χ2v) is 6.05. The number of nitrogens with zero attached hydrogens (tertiary/aromatic N) is 3. The second-order valence-electron chi connectivity index (χ2n) is 6.05. The highest BCUT2D eigenvalue weighted by molar-refractivity contribution is 5.94. The van der Waals surface area contributed by atoms with Gasteiger partial charge in [0.25, 0.3) is 5.91 Å². The lowest BCUT2D eigenvalue weighted by Gasteiger charge is -2.37. The van der Waals surface area contributed by atoms with E-state index in [1.54, 1.807) is 13.2 Å². The summed E-state index contributed by atoms with van der Waals surface area (Å²) in [5, 5.41) is 0. The number of aromatic nitrogens is 1. The molecule has 0 saturated carbocycles. The molecule has 0 unspecified atom stereocenters. The summed E-state index contributed by atoms with van der Waals surface area (Å²) >= 11 is 0. The summed E-state index contributed by atoms with van der Waals surface area (Å²) in [7, 11) is 3.50. The summed E-state index contributed by atoms with van der Waals surface area (Å²) in [5.41, 5.74) is 0.670. The predicted molar refractivity (Wildman–Crippen MR) is 94.6 cm³/mol. The smallest absolute Gasteiger partial charge is 0.253 e. The SMILES string of the molecule is COc1cccc(C(=O)N(C)C2CCN(c3ccccn3)CC2)c1. The van der Waals surface area contributed by atoms with E-state index in [1.165, 1.54) is 0 Å². The number of carbonyl (C=O) groups is 1. The lowest BCUT2D eigenvalue weighted by molar-refractivity contribution is 0.0709. The standard InChI is InChI=1S/C19H23N3O2/c1-21(19(23)15-6-5-7-17(14-15)24-2)16-9-12-22(13-10-16)18-8-3-4-11-20-18/h3-8,11,14,16H,9-10,12-13H2,1-2H3. The van der Waals surface area contributed by atoms with Crippen LogP contribution in [0.25, 0.3) is 0 Å². The van der Waals surface area contributed by atoms with Gasteiger partial charge in [-0.15, -0.1) is 0 Å². The molecule has 2 heterocycles. The molecular weight excluding hydrogens is 302 g/mol. The number of benzene rings is 1. The molecule has 1 amide bonds. The van der Waals surface area contributed by atoms with Gasteiger partial charge in [-0.05, 0) is 43.2 Å². The maximum atomic E-state index is 12.7. The van der Waals surface area contributed by atoms with E-state index in [0.717, 1.165) is 31.7 Å². The quantitative estimate of drug-likeness (QED) is 0.867. The first-order valence-electron chi connectivity index (χ1n) is 8.26. The van der Waals surface area contributed by atoms with E-state index >= 15 is 0 Å². The van der Waals surface area contributed by atoms with E-state index in [-0.39, 0.29) is 11.9 Å². The van der Waals surface area contributed by atoms with E-state index in [4.69, 9.17) is 4.74 Å². The van der Waals surface area contributed by atoms with Gasteiger partial charge in [0.2, 0.25) is 0 Å². The Balaban J connectivity index is 1.62. The van der Waals surface area contributed by atoms with Crippen LogP contribution in [0.4, 0.5) is 5.82 Å². The van der Waals surface area contributed by atoms with Gasteiger partial charge in [-0.1, -0.05) is 12.1 Å². The number of hydrogen-bond donors (Lipinski definition) is 0. The predicted octanol–water partition coefficient (Wildman–Crippen LogP) is 2.83. The van der Waals surface area contributed by atoms with E-state index in [0.29, 0.717) is 11.3 Å². The molecule has 0 aliphatic carbocycles. The van der Waals surface area contributed by atoms with Crippen LogP contribution in [0.3, 0.4) is 0 Å². The summed E-state index contributed by atoms with van der Waals surface area (Å²) in [6.07, 6.45) is 3.71. The van der Waals surface area contributed by atoms with Crippen LogP contribution in [0, 0.1) is 0 Å². The number of methoxy groups -OCH3 is 1. The summed E-state index contributed by atoms with van der Waals surface area (Å²) in [6, 6.07) is 13.6. The topological polar surface area (TPSA) is 45.7 Å². The van der Waals surface area contributed by atoms with Crippen molar-refractivity contribution in [1.29, 1.82) is 0 Å². The third-order valence-corrected chi connectivity index (χ3v) is 4.62. The number of anilines is 1. The number of amides is 1. The molecule has 0 bridgehead atoms. The van der Waals surface area contributed by atoms with Gasteiger partial charge in [0.05, 0.1) is 7.11 Å². The van der Waals surface area contributed by atoms with Crippen molar-refractivity contribution in [3.63, 3.8) is 0 Å². The van der Waals surface area contributed by atoms with Crippen molar-refractivity contribution < 1.29 is 9.53 Å². The van der Waals surface area contributed by atoms with Gasteiger partial charge in [0, 0.05) is 37.9 Å². The van der Waals surface area contributed by atoms with Gasteiger partial charge in [-0.3, -0.25) is 4.79 Å². The summed E-state index contributed by atoms with van der Waals surface area (Å²) in [6.45, 7) is 1.83. The Bertz CT molecular complexity index is 682. The monoisotopic (exact) mass is 325 g/mol. The Morgan fingerprint density at radius 2 is 2.00 bits per heavy atom. The fraction of sp³-hybridized carbons (Fsp3) is 0.368. The normalized spacial score (nSPS) is 15.2. The third-order valence-electron chi connectivity index (χ3n) is 4.62. The summed E-state index contributed by atoms with van der Waals surface area (Å²) in [5.74, 6) is 1.77. The minimum absolute atomic E-state index is 0.0465. The highest BCUT2D eigenvalue weighted by atomic mass is 16.5. The highest BCUT2D eigenvalue weighted by Crippen LogP contribution is 2.22.